The third kappa shape index (κ3) is 2.57. The van der Waals surface area contributed by atoms with E-state index in [9.17, 15) is 12.8 Å². The van der Waals surface area contributed by atoms with Crippen LogP contribution in [0.25, 0.3) is 10.2 Å². The summed E-state index contributed by atoms with van der Waals surface area (Å²) in [6.07, 6.45) is 1.44. The van der Waals surface area contributed by atoms with Crippen LogP contribution in [-0.4, -0.2) is 30.9 Å². The minimum absolute atomic E-state index is 0.282. The summed E-state index contributed by atoms with van der Waals surface area (Å²) >= 11 is 1.41. The van der Waals surface area contributed by atoms with E-state index in [1.807, 2.05) is 0 Å². The minimum Gasteiger partial charge on any atom is -0.360 e. The monoisotopic (exact) mass is 300 g/mol. The molecule has 1 aromatic heterocycles. The van der Waals surface area contributed by atoms with Crippen molar-refractivity contribution < 1.29 is 12.8 Å². The van der Waals surface area contributed by atoms with Gasteiger partial charge in [-0.1, -0.05) is 11.3 Å². The Bertz CT molecular complexity index is 712. The highest BCUT2D eigenvalue weighted by molar-refractivity contribution is 7.92. The van der Waals surface area contributed by atoms with Crippen LogP contribution in [-0.2, 0) is 9.84 Å². The van der Waals surface area contributed by atoms with Gasteiger partial charge in [0, 0.05) is 12.6 Å². The number of rotatable bonds is 3. The molecule has 0 spiro atoms. The highest BCUT2D eigenvalue weighted by Gasteiger charge is 2.30. The van der Waals surface area contributed by atoms with Crippen molar-refractivity contribution in [3.05, 3.63) is 24.0 Å². The molecule has 1 saturated heterocycles. The summed E-state index contributed by atoms with van der Waals surface area (Å²) in [5.74, 6) is -0.0348. The molecule has 0 amide bonds. The van der Waals surface area contributed by atoms with Gasteiger partial charge in [-0.25, -0.2) is 17.8 Å². The van der Waals surface area contributed by atoms with E-state index in [1.165, 1.54) is 23.5 Å². The number of nitrogens with zero attached hydrogens (tertiary/aromatic N) is 1. The van der Waals surface area contributed by atoms with Crippen molar-refractivity contribution in [2.45, 2.75) is 18.1 Å². The van der Waals surface area contributed by atoms with Crippen molar-refractivity contribution >= 4 is 36.5 Å². The lowest BCUT2D eigenvalue weighted by atomic mass is 10.2. The molecule has 1 unspecified atom stereocenters. The second-order valence-corrected chi connectivity index (χ2v) is 8.07. The number of anilines is 1. The Morgan fingerprint density at radius 1 is 1.47 bits per heavy atom. The van der Waals surface area contributed by atoms with Gasteiger partial charge in [0.05, 0.1) is 21.2 Å². The van der Waals surface area contributed by atoms with Crippen LogP contribution in [0.5, 0.6) is 0 Å². The molecule has 3 rings (SSSR count). The van der Waals surface area contributed by atoms with Gasteiger partial charge in [0.2, 0.25) is 0 Å². The van der Waals surface area contributed by atoms with Gasteiger partial charge in [0.25, 0.3) is 0 Å². The fraction of sp³-hybridized carbons (Fsp3) is 0.417. The van der Waals surface area contributed by atoms with E-state index in [2.05, 4.69) is 10.3 Å². The van der Waals surface area contributed by atoms with E-state index in [-0.39, 0.29) is 16.8 Å². The molecule has 1 N–H and O–H groups in total. The average Bonchev–Trinajstić information content (AvgIpc) is 2.88. The van der Waals surface area contributed by atoms with E-state index in [4.69, 9.17) is 0 Å². The topological polar surface area (TPSA) is 59.1 Å². The van der Waals surface area contributed by atoms with Crippen molar-refractivity contribution in [2.75, 3.05) is 17.6 Å². The quantitative estimate of drug-likeness (QED) is 0.946. The van der Waals surface area contributed by atoms with Crippen molar-refractivity contribution in [2.24, 2.45) is 0 Å². The summed E-state index contributed by atoms with van der Waals surface area (Å²) < 4.78 is 37.3. The number of fused-ring (bicyclic) bond motifs is 1. The van der Waals surface area contributed by atoms with Crippen molar-refractivity contribution in [3.8, 4) is 0 Å². The number of aromatic nitrogens is 1. The van der Waals surface area contributed by atoms with Crippen LogP contribution in [0, 0.1) is 5.82 Å². The first-order valence-electron chi connectivity index (χ1n) is 6.06. The zero-order chi connectivity index (χ0) is 13.5. The predicted molar refractivity (Wildman–Crippen MR) is 74.9 cm³/mol. The summed E-state index contributed by atoms with van der Waals surface area (Å²) in [5, 5.41) is 3.38. The van der Waals surface area contributed by atoms with Gasteiger partial charge in [-0.15, -0.1) is 0 Å². The first-order chi connectivity index (χ1) is 9.04. The zero-order valence-electron chi connectivity index (χ0n) is 10.1. The fourth-order valence-corrected chi connectivity index (χ4v) is 4.88. The smallest absolute Gasteiger partial charge is 0.183 e. The molecule has 0 bridgehead atoms. The molecule has 2 aromatic rings. The normalized spacial score (nSPS) is 21.8. The summed E-state index contributed by atoms with van der Waals surface area (Å²) in [5.41, 5.74) is 0.599. The predicted octanol–water partition coefficient (Wildman–Crippen LogP) is 2.42. The Morgan fingerprint density at radius 2 is 2.32 bits per heavy atom. The average molecular weight is 300 g/mol. The maximum absolute atomic E-state index is 13.0. The number of thiazole rings is 1. The van der Waals surface area contributed by atoms with Gasteiger partial charge < -0.3 is 5.32 Å². The number of benzene rings is 1. The van der Waals surface area contributed by atoms with Crippen LogP contribution in [0.4, 0.5) is 9.52 Å². The SMILES string of the molecule is O=S1(=O)CCCC1CNc1nc2cc(F)ccc2s1. The third-order valence-electron chi connectivity index (χ3n) is 3.29. The van der Waals surface area contributed by atoms with Gasteiger partial charge in [0.15, 0.2) is 15.0 Å². The number of hydrogen-bond acceptors (Lipinski definition) is 5. The number of sulfone groups is 1. The molecular formula is C12H13FN2O2S2. The highest BCUT2D eigenvalue weighted by atomic mass is 32.2. The lowest BCUT2D eigenvalue weighted by Gasteiger charge is -2.09. The molecule has 0 aliphatic carbocycles. The van der Waals surface area contributed by atoms with Gasteiger partial charge in [-0.05, 0) is 25.0 Å². The van der Waals surface area contributed by atoms with Crippen LogP contribution in [0.3, 0.4) is 0 Å². The second kappa shape index (κ2) is 4.72. The molecule has 7 heteroatoms. The molecule has 0 radical (unpaired) electrons. The second-order valence-electron chi connectivity index (χ2n) is 4.64. The van der Waals surface area contributed by atoms with E-state index in [0.717, 1.165) is 11.1 Å². The van der Waals surface area contributed by atoms with E-state index >= 15 is 0 Å². The molecule has 1 aliphatic heterocycles. The zero-order valence-corrected chi connectivity index (χ0v) is 11.7. The largest absolute Gasteiger partial charge is 0.360 e. The molecule has 19 heavy (non-hydrogen) atoms. The summed E-state index contributed by atoms with van der Waals surface area (Å²) in [7, 11) is -2.94. The van der Waals surface area contributed by atoms with E-state index < -0.39 is 9.84 Å². The van der Waals surface area contributed by atoms with Crippen LogP contribution in [0.15, 0.2) is 18.2 Å². The first-order valence-corrected chi connectivity index (χ1v) is 8.59. The van der Waals surface area contributed by atoms with Crippen molar-refractivity contribution in [1.82, 2.24) is 4.98 Å². The van der Waals surface area contributed by atoms with Crippen LogP contribution >= 0.6 is 11.3 Å². The molecule has 102 valence electrons. The maximum atomic E-state index is 13.0. The molecule has 1 fully saturated rings. The first kappa shape index (κ1) is 12.8. The Labute approximate surface area is 114 Å². The molecule has 0 saturated carbocycles. The maximum Gasteiger partial charge on any atom is 0.183 e. The van der Waals surface area contributed by atoms with Gasteiger partial charge in [-0.3, -0.25) is 0 Å². The van der Waals surface area contributed by atoms with Crippen LogP contribution < -0.4 is 5.32 Å². The number of nitrogens with one attached hydrogen (secondary N) is 1. The van der Waals surface area contributed by atoms with Crippen molar-refractivity contribution in [3.63, 3.8) is 0 Å². The van der Waals surface area contributed by atoms with Crippen LogP contribution in [0.1, 0.15) is 12.8 Å². The lowest BCUT2D eigenvalue weighted by Crippen LogP contribution is -2.24. The summed E-state index contributed by atoms with van der Waals surface area (Å²) in [4.78, 5) is 4.25. The fourth-order valence-electron chi connectivity index (χ4n) is 2.26. The Balaban J connectivity index is 1.75. The number of hydrogen-bond donors (Lipinski definition) is 1. The molecule has 1 aliphatic rings. The standard InChI is InChI=1S/C12H13FN2O2S2/c13-8-3-4-11-10(6-8)15-12(18-11)14-7-9-2-1-5-19(9,16)17/h3-4,6,9H,1-2,5,7H2,(H,14,15). The Morgan fingerprint density at radius 3 is 3.05 bits per heavy atom. The highest BCUT2D eigenvalue weighted by Crippen LogP contribution is 2.27. The van der Waals surface area contributed by atoms with E-state index in [1.54, 1.807) is 6.07 Å². The van der Waals surface area contributed by atoms with Gasteiger partial charge >= 0.3 is 0 Å². The molecule has 2 heterocycles. The molecule has 1 aromatic carbocycles. The Kier molecular flexibility index (Phi) is 3.18. The molecular weight excluding hydrogens is 287 g/mol. The number of halogens is 1. The lowest BCUT2D eigenvalue weighted by molar-refractivity contribution is 0.591. The van der Waals surface area contributed by atoms with Gasteiger partial charge in [0.1, 0.15) is 5.82 Å². The summed E-state index contributed by atoms with van der Waals surface area (Å²) in [6.45, 7) is 0.380. The van der Waals surface area contributed by atoms with Gasteiger partial charge in [-0.2, -0.15) is 0 Å². The molecule has 1 atom stereocenters. The minimum atomic E-state index is -2.94. The van der Waals surface area contributed by atoms with Crippen molar-refractivity contribution in [1.29, 1.82) is 0 Å². The van der Waals surface area contributed by atoms with E-state index in [0.29, 0.717) is 23.6 Å². The molecule has 4 nitrogen and oxygen atoms in total. The van der Waals surface area contributed by atoms with Crippen LogP contribution in [0.2, 0.25) is 0 Å². The summed E-state index contributed by atoms with van der Waals surface area (Å²) in [6, 6.07) is 4.45. The Hall–Kier alpha value is -1.21. The third-order valence-corrected chi connectivity index (χ3v) is 6.56.